The van der Waals surface area contributed by atoms with E-state index < -0.39 is 11.8 Å². The number of nitrogens with zero attached hydrogens (tertiary/aromatic N) is 2. The van der Waals surface area contributed by atoms with Gasteiger partial charge in [0, 0.05) is 24.5 Å². The molecular weight excluding hydrogens is 449 g/mol. The molecule has 1 fully saturated rings. The molecule has 33 heavy (non-hydrogen) atoms. The number of methoxy groups -OCH3 is 1. The number of esters is 1. The van der Waals surface area contributed by atoms with Crippen LogP contribution in [0.25, 0.3) is 16.6 Å². The number of amides is 1. The van der Waals surface area contributed by atoms with E-state index in [4.69, 9.17) is 21.1 Å². The Hall–Kier alpha value is -3.26. The van der Waals surface area contributed by atoms with Gasteiger partial charge in [0.25, 0.3) is 0 Å². The number of benzene rings is 2. The van der Waals surface area contributed by atoms with E-state index in [0.717, 1.165) is 32.4 Å². The summed E-state index contributed by atoms with van der Waals surface area (Å²) in [5, 5.41) is 3.02. The second-order valence-electron chi connectivity index (χ2n) is 7.77. The van der Waals surface area contributed by atoms with Crippen molar-refractivity contribution < 1.29 is 23.5 Å². The van der Waals surface area contributed by atoms with Crippen molar-refractivity contribution in [1.82, 2.24) is 9.88 Å². The Morgan fingerprint density at radius 1 is 1.21 bits per heavy atom. The van der Waals surface area contributed by atoms with Gasteiger partial charge in [0.05, 0.1) is 35.6 Å². The Morgan fingerprint density at radius 3 is 2.73 bits per heavy atom. The molecule has 0 unspecified atom stereocenters. The van der Waals surface area contributed by atoms with Crippen molar-refractivity contribution >= 4 is 40.6 Å². The molecule has 2 aromatic carbocycles. The Kier molecular flexibility index (Phi) is 7.03. The number of fused-ring (bicyclic) bond motifs is 1. The lowest BCUT2D eigenvalue weighted by Crippen LogP contribution is -2.31. The number of nitrogens with one attached hydrogen (secondary N) is 1. The van der Waals surface area contributed by atoms with Crippen LogP contribution in [0.5, 0.6) is 5.75 Å². The number of carbonyl (C=O) groups is 2. The lowest BCUT2D eigenvalue weighted by atomic mass is 10.1. The maximum absolute atomic E-state index is 14.6. The summed E-state index contributed by atoms with van der Waals surface area (Å²) in [6, 6.07) is 10.2. The monoisotopic (exact) mass is 473 g/mol. The minimum atomic E-state index is -0.571. The number of rotatable bonds is 8. The van der Waals surface area contributed by atoms with Gasteiger partial charge in [-0.1, -0.05) is 17.7 Å². The summed E-state index contributed by atoms with van der Waals surface area (Å²) in [6.07, 6.45) is 3.59. The number of anilines is 1. The van der Waals surface area contributed by atoms with E-state index >= 15 is 0 Å². The number of hydrogen-bond donors (Lipinski definition) is 1. The van der Waals surface area contributed by atoms with Crippen LogP contribution in [0.4, 0.5) is 10.1 Å². The fourth-order valence-corrected chi connectivity index (χ4v) is 4.40. The molecule has 1 aliphatic heterocycles. The number of hydrogen-bond acceptors (Lipinski definition) is 5. The first-order valence-electron chi connectivity index (χ1n) is 10.8. The summed E-state index contributed by atoms with van der Waals surface area (Å²) >= 11 is 6.17. The molecule has 7 nitrogen and oxygen atoms in total. The highest BCUT2D eigenvalue weighted by Gasteiger charge is 2.30. The van der Waals surface area contributed by atoms with Gasteiger partial charge < -0.3 is 24.3 Å². The predicted octanol–water partition coefficient (Wildman–Crippen LogP) is 4.32. The van der Waals surface area contributed by atoms with Crippen molar-refractivity contribution in [3.8, 4) is 11.4 Å². The summed E-state index contributed by atoms with van der Waals surface area (Å²) in [6.45, 7) is 1.68. The average molecular weight is 474 g/mol. The highest BCUT2D eigenvalue weighted by atomic mass is 35.5. The van der Waals surface area contributed by atoms with Crippen LogP contribution >= 0.6 is 11.6 Å². The Bertz CT molecular complexity index is 1170. The van der Waals surface area contributed by atoms with Gasteiger partial charge in [-0.2, -0.15) is 0 Å². The minimum Gasteiger partial charge on any atom is -0.497 e. The molecule has 3 aromatic rings. The van der Waals surface area contributed by atoms with Crippen molar-refractivity contribution in [2.75, 3.05) is 38.3 Å². The summed E-state index contributed by atoms with van der Waals surface area (Å²) in [5.74, 6) is -0.518. The lowest BCUT2D eigenvalue weighted by molar-refractivity contribution is -0.109. The molecule has 0 radical (unpaired) electrons. The quantitative estimate of drug-likeness (QED) is 0.299. The largest absolute Gasteiger partial charge is 0.497 e. The van der Waals surface area contributed by atoms with Gasteiger partial charge >= 0.3 is 5.97 Å². The molecule has 9 heteroatoms. The molecule has 2 heterocycles. The van der Waals surface area contributed by atoms with Gasteiger partial charge in [-0.15, -0.1) is 0 Å². The van der Waals surface area contributed by atoms with Gasteiger partial charge in [-0.25, -0.2) is 9.18 Å². The number of ether oxygens (including phenoxy) is 2. The molecule has 0 atom stereocenters. The fourth-order valence-electron chi connectivity index (χ4n) is 4.24. The van der Waals surface area contributed by atoms with Crippen molar-refractivity contribution in [2.45, 2.75) is 19.3 Å². The Balaban J connectivity index is 1.96. The highest BCUT2D eigenvalue weighted by Crippen LogP contribution is 2.40. The van der Waals surface area contributed by atoms with Gasteiger partial charge in [-0.3, -0.25) is 4.79 Å². The summed E-state index contributed by atoms with van der Waals surface area (Å²) in [7, 11) is 1.56. The molecule has 1 N–H and O–H groups in total. The molecule has 0 saturated carbocycles. The molecule has 1 aromatic heterocycles. The number of carbonyl (C=O) groups excluding carboxylic acids is 2. The van der Waals surface area contributed by atoms with E-state index in [0.29, 0.717) is 34.4 Å². The maximum atomic E-state index is 14.6. The molecule has 0 aliphatic carbocycles. The molecule has 174 valence electrons. The van der Waals surface area contributed by atoms with Crippen LogP contribution in [-0.2, 0) is 9.53 Å². The summed E-state index contributed by atoms with van der Waals surface area (Å²) in [5.41, 5.74) is 2.15. The zero-order valence-electron chi connectivity index (χ0n) is 18.3. The maximum Gasteiger partial charge on any atom is 0.357 e. The van der Waals surface area contributed by atoms with Crippen molar-refractivity contribution in [3.05, 3.63) is 52.9 Å². The van der Waals surface area contributed by atoms with Gasteiger partial charge in [0.2, 0.25) is 6.41 Å². The van der Waals surface area contributed by atoms with Crippen molar-refractivity contribution in [3.63, 3.8) is 0 Å². The molecule has 1 saturated heterocycles. The SMILES string of the molecule is COc1cccc(-n2c(C(=O)OCCNC=O)c(N3CCCCC3)c3cc(F)c(Cl)cc32)c1. The van der Waals surface area contributed by atoms with Crippen LogP contribution in [0.1, 0.15) is 29.8 Å². The average Bonchev–Trinajstić information content (AvgIpc) is 3.16. The van der Waals surface area contributed by atoms with Gasteiger partial charge in [0.1, 0.15) is 18.2 Å². The van der Waals surface area contributed by atoms with Crippen molar-refractivity contribution in [2.24, 2.45) is 0 Å². The predicted molar refractivity (Wildman–Crippen MR) is 125 cm³/mol. The van der Waals surface area contributed by atoms with E-state index in [2.05, 4.69) is 10.2 Å². The number of aromatic nitrogens is 1. The smallest absolute Gasteiger partial charge is 0.357 e. The van der Waals surface area contributed by atoms with Crippen LogP contribution < -0.4 is 15.0 Å². The minimum absolute atomic E-state index is 0.00572. The van der Waals surface area contributed by atoms with E-state index in [9.17, 15) is 14.0 Å². The van der Waals surface area contributed by atoms with Crippen LogP contribution in [0, 0.1) is 5.82 Å². The van der Waals surface area contributed by atoms with Crippen LogP contribution in [0.2, 0.25) is 5.02 Å². The highest BCUT2D eigenvalue weighted by molar-refractivity contribution is 6.31. The van der Waals surface area contributed by atoms with Crippen LogP contribution in [0.15, 0.2) is 36.4 Å². The first-order chi connectivity index (χ1) is 16.0. The first kappa shape index (κ1) is 22.9. The Morgan fingerprint density at radius 2 is 2.00 bits per heavy atom. The van der Waals surface area contributed by atoms with E-state index in [1.807, 2.05) is 12.1 Å². The second-order valence-corrected chi connectivity index (χ2v) is 8.18. The molecular formula is C24H25ClFN3O4. The topological polar surface area (TPSA) is 72.8 Å². The molecule has 0 spiro atoms. The number of piperidine rings is 1. The van der Waals surface area contributed by atoms with Gasteiger partial charge in [0.15, 0.2) is 5.69 Å². The standard InChI is InChI=1S/C24H25ClFN3O4/c1-32-17-7-5-6-16(12-17)29-21-14-19(25)20(26)13-18(21)22(28-9-3-2-4-10-28)23(29)24(31)33-11-8-27-15-30/h5-7,12-15H,2-4,8-11H2,1H3,(H,27,30). The fraction of sp³-hybridized carbons (Fsp3) is 0.333. The zero-order valence-corrected chi connectivity index (χ0v) is 19.0. The second kappa shape index (κ2) is 10.1. The van der Waals surface area contributed by atoms with Crippen molar-refractivity contribution in [1.29, 1.82) is 0 Å². The Labute approximate surface area is 196 Å². The van der Waals surface area contributed by atoms with Gasteiger partial charge in [-0.05, 0) is 43.5 Å². The van der Waals surface area contributed by atoms with Crippen LogP contribution in [-0.4, -0.2) is 50.3 Å². The zero-order chi connectivity index (χ0) is 23.4. The van der Waals surface area contributed by atoms with Crippen LogP contribution in [0.3, 0.4) is 0 Å². The first-order valence-corrected chi connectivity index (χ1v) is 11.2. The third kappa shape index (κ3) is 4.61. The molecule has 1 aliphatic rings. The van der Waals surface area contributed by atoms with E-state index in [1.165, 1.54) is 12.1 Å². The third-order valence-electron chi connectivity index (χ3n) is 5.72. The summed E-state index contributed by atoms with van der Waals surface area (Å²) in [4.78, 5) is 26.1. The van der Waals surface area contributed by atoms with E-state index in [1.54, 1.807) is 23.8 Å². The summed E-state index contributed by atoms with van der Waals surface area (Å²) < 4.78 is 27.2. The van der Waals surface area contributed by atoms with E-state index in [-0.39, 0.29) is 23.9 Å². The number of halogens is 2. The normalized spacial score (nSPS) is 13.7. The molecule has 4 rings (SSSR count). The molecule has 1 amide bonds. The third-order valence-corrected chi connectivity index (χ3v) is 6.01. The lowest BCUT2D eigenvalue weighted by Gasteiger charge is -2.29. The molecule has 0 bridgehead atoms.